The number of nitrogens with one attached hydrogen (secondary N) is 1. The van der Waals surface area contributed by atoms with E-state index < -0.39 is 0 Å². The average Bonchev–Trinajstić information content (AvgIpc) is 2.36. The van der Waals surface area contributed by atoms with Gasteiger partial charge in [-0.3, -0.25) is 4.79 Å². The monoisotopic (exact) mass is 261 g/mol. The summed E-state index contributed by atoms with van der Waals surface area (Å²) in [7, 11) is 0. The topological polar surface area (TPSA) is 58.6 Å². The van der Waals surface area contributed by atoms with Crippen molar-refractivity contribution in [3.05, 3.63) is 29.3 Å². The molecule has 0 aliphatic carbocycles. The van der Waals surface area contributed by atoms with Gasteiger partial charge in [-0.1, -0.05) is 17.9 Å². The van der Waals surface area contributed by atoms with Crippen molar-refractivity contribution in [2.45, 2.75) is 26.9 Å². The van der Waals surface area contributed by atoms with Gasteiger partial charge in [0, 0.05) is 5.56 Å². The number of hydrogen-bond donors (Lipinski definition) is 2. The van der Waals surface area contributed by atoms with E-state index in [4.69, 9.17) is 9.84 Å². The highest BCUT2D eigenvalue weighted by Gasteiger charge is 2.07. The zero-order chi connectivity index (χ0) is 14.3. The molecule has 0 heterocycles. The van der Waals surface area contributed by atoms with Gasteiger partial charge in [-0.2, -0.15) is 0 Å². The van der Waals surface area contributed by atoms with Gasteiger partial charge < -0.3 is 15.2 Å². The van der Waals surface area contributed by atoms with E-state index >= 15 is 0 Å². The minimum Gasteiger partial charge on any atom is -0.384 e. The number of aryl methyl sites for hydroxylation is 1. The molecule has 2 N–H and O–H groups in total. The SMILES string of the molecule is Cc1ccc(NC(=O)COC(C)C)c(C#CCO)c1. The van der Waals surface area contributed by atoms with Crippen molar-refractivity contribution < 1.29 is 14.6 Å². The minimum absolute atomic E-state index is 0.0115. The van der Waals surface area contributed by atoms with Crippen molar-refractivity contribution in [3.63, 3.8) is 0 Å². The van der Waals surface area contributed by atoms with Crippen LogP contribution in [0.2, 0.25) is 0 Å². The Morgan fingerprint density at radius 2 is 2.21 bits per heavy atom. The van der Waals surface area contributed by atoms with E-state index in [1.54, 1.807) is 6.07 Å². The maximum absolute atomic E-state index is 11.7. The smallest absolute Gasteiger partial charge is 0.250 e. The van der Waals surface area contributed by atoms with E-state index in [-0.39, 0.29) is 25.2 Å². The highest BCUT2D eigenvalue weighted by atomic mass is 16.5. The van der Waals surface area contributed by atoms with Crippen LogP contribution in [0.4, 0.5) is 5.69 Å². The minimum atomic E-state index is -0.218. The molecule has 19 heavy (non-hydrogen) atoms. The third-order valence-electron chi connectivity index (χ3n) is 2.30. The first-order valence-electron chi connectivity index (χ1n) is 6.14. The van der Waals surface area contributed by atoms with E-state index in [0.29, 0.717) is 11.3 Å². The van der Waals surface area contributed by atoms with Crippen LogP contribution in [0.15, 0.2) is 18.2 Å². The largest absolute Gasteiger partial charge is 0.384 e. The molecule has 1 rings (SSSR count). The number of carbonyl (C=O) groups excluding carboxylic acids is 1. The first-order chi connectivity index (χ1) is 9.02. The van der Waals surface area contributed by atoms with Crippen LogP contribution < -0.4 is 5.32 Å². The Morgan fingerprint density at radius 3 is 2.84 bits per heavy atom. The van der Waals surface area contributed by atoms with Gasteiger partial charge in [0.05, 0.1) is 11.8 Å². The fourth-order valence-corrected chi connectivity index (χ4v) is 1.43. The maximum atomic E-state index is 11.7. The summed E-state index contributed by atoms with van der Waals surface area (Å²) >= 11 is 0. The maximum Gasteiger partial charge on any atom is 0.250 e. The molecule has 0 saturated heterocycles. The van der Waals surface area contributed by atoms with Crippen LogP contribution in [0.25, 0.3) is 0 Å². The predicted octanol–water partition coefficient (Wildman–Crippen LogP) is 1.70. The zero-order valence-corrected chi connectivity index (χ0v) is 11.5. The lowest BCUT2D eigenvalue weighted by atomic mass is 10.1. The second-order valence-corrected chi connectivity index (χ2v) is 4.42. The third kappa shape index (κ3) is 5.56. The molecule has 0 fully saturated rings. The molecular weight excluding hydrogens is 242 g/mol. The Hall–Kier alpha value is -1.83. The van der Waals surface area contributed by atoms with Crippen LogP contribution in [0.5, 0.6) is 0 Å². The van der Waals surface area contributed by atoms with Gasteiger partial charge in [-0.15, -0.1) is 0 Å². The van der Waals surface area contributed by atoms with Gasteiger partial charge in [0.15, 0.2) is 0 Å². The van der Waals surface area contributed by atoms with Crippen molar-refractivity contribution in [2.24, 2.45) is 0 Å². The lowest BCUT2D eigenvalue weighted by Crippen LogP contribution is -2.21. The summed E-state index contributed by atoms with van der Waals surface area (Å²) in [5, 5.41) is 11.5. The van der Waals surface area contributed by atoms with E-state index in [1.165, 1.54) is 0 Å². The molecule has 0 spiro atoms. The normalized spacial score (nSPS) is 9.95. The Bertz CT molecular complexity index is 498. The number of aliphatic hydroxyl groups excluding tert-OH is 1. The third-order valence-corrected chi connectivity index (χ3v) is 2.30. The van der Waals surface area contributed by atoms with Gasteiger partial charge in [-0.05, 0) is 38.5 Å². The van der Waals surface area contributed by atoms with Crippen LogP contribution in [0.1, 0.15) is 25.0 Å². The Balaban J connectivity index is 2.79. The van der Waals surface area contributed by atoms with Crippen LogP contribution in [0.3, 0.4) is 0 Å². The van der Waals surface area contributed by atoms with Crippen LogP contribution in [-0.4, -0.2) is 30.3 Å². The molecule has 0 radical (unpaired) electrons. The highest BCUT2D eigenvalue weighted by Crippen LogP contribution is 2.16. The summed E-state index contributed by atoms with van der Waals surface area (Å²) < 4.78 is 5.23. The molecule has 4 heteroatoms. The first-order valence-corrected chi connectivity index (χ1v) is 6.14. The Labute approximate surface area is 113 Å². The van der Waals surface area contributed by atoms with Gasteiger partial charge in [0.25, 0.3) is 0 Å². The van der Waals surface area contributed by atoms with Crippen molar-refractivity contribution in [1.29, 1.82) is 0 Å². The summed E-state index contributed by atoms with van der Waals surface area (Å²) in [5.74, 6) is 5.18. The molecule has 0 aliphatic rings. The van der Waals surface area contributed by atoms with Gasteiger partial charge in [0.2, 0.25) is 5.91 Å². The van der Waals surface area contributed by atoms with Crippen LogP contribution in [0, 0.1) is 18.8 Å². The number of rotatable bonds is 4. The van der Waals surface area contributed by atoms with Crippen molar-refractivity contribution in [1.82, 2.24) is 0 Å². The van der Waals surface area contributed by atoms with Gasteiger partial charge in [0.1, 0.15) is 13.2 Å². The molecule has 0 saturated carbocycles. The van der Waals surface area contributed by atoms with Gasteiger partial charge in [-0.25, -0.2) is 0 Å². The molecule has 1 aromatic rings. The fraction of sp³-hybridized carbons (Fsp3) is 0.400. The van der Waals surface area contributed by atoms with E-state index in [9.17, 15) is 4.79 Å². The molecule has 102 valence electrons. The van der Waals surface area contributed by atoms with Gasteiger partial charge >= 0.3 is 0 Å². The Morgan fingerprint density at radius 1 is 1.47 bits per heavy atom. The fourth-order valence-electron chi connectivity index (χ4n) is 1.43. The molecule has 1 aromatic carbocycles. The molecule has 0 aliphatic heterocycles. The molecular formula is C15H19NO3. The lowest BCUT2D eigenvalue weighted by molar-refractivity contribution is -0.121. The standard InChI is InChI=1S/C15H19NO3/c1-11(2)19-10-15(18)16-14-7-6-12(3)9-13(14)5-4-8-17/h6-7,9,11,17H,8,10H2,1-3H3,(H,16,18). The zero-order valence-electron chi connectivity index (χ0n) is 11.5. The molecule has 4 nitrogen and oxygen atoms in total. The summed E-state index contributed by atoms with van der Waals surface area (Å²) in [5.41, 5.74) is 2.36. The van der Waals surface area contributed by atoms with Crippen molar-refractivity contribution in [3.8, 4) is 11.8 Å². The number of carbonyl (C=O) groups is 1. The van der Waals surface area contributed by atoms with E-state index in [1.807, 2.05) is 32.9 Å². The summed E-state index contributed by atoms with van der Waals surface area (Å²) in [6.07, 6.45) is 0.0115. The molecule has 0 bridgehead atoms. The second-order valence-electron chi connectivity index (χ2n) is 4.42. The van der Waals surface area contributed by atoms with Crippen molar-refractivity contribution >= 4 is 11.6 Å². The molecule has 0 aromatic heterocycles. The second kappa shape index (κ2) is 7.57. The number of anilines is 1. The number of ether oxygens (including phenoxy) is 1. The number of aliphatic hydroxyl groups is 1. The lowest BCUT2D eigenvalue weighted by Gasteiger charge is -2.10. The predicted molar refractivity (Wildman–Crippen MR) is 74.9 cm³/mol. The number of benzene rings is 1. The Kier molecular flexibility index (Phi) is 6.07. The van der Waals surface area contributed by atoms with E-state index in [2.05, 4.69) is 17.2 Å². The highest BCUT2D eigenvalue weighted by molar-refractivity contribution is 5.93. The number of hydrogen-bond acceptors (Lipinski definition) is 3. The van der Waals surface area contributed by atoms with Crippen LogP contribution in [-0.2, 0) is 9.53 Å². The first kappa shape index (κ1) is 15.2. The average molecular weight is 261 g/mol. The summed E-state index contributed by atoms with van der Waals surface area (Å²) in [4.78, 5) is 11.7. The molecule has 0 atom stereocenters. The number of amides is 1. The summed E-state index contributed by atoms with van der Waals surface area (Å²) in [6.45, 7) is 5.49. The summed E-state index contributed by atoms with van der Waals surface area (Å²) in [6, 6.07) is 5.55. The molecule has 0 unspecified atom stereocenters. The van der Waals surface area contributed by atoms with Crippen LogP contribution >= 0.6 is 0 Å². The molecule has 1 amide bonds. The van der Waals surface area contributed by atoms with E-state index in [0.717, 1.165) is 5.56 Å². The quantitative estimate of drug-likeness (QED) is 0.811. The van der Waals surface area contributed by atoms with Crippen molar-refractivity contribution in [2.75, 3.05) is 18.5 Å².